The number of hydrogen-bond acceptors (Lipinski definition) is 3. The molecule has 0 fully saturated rings. The van der Waals surface area contributed by atoms with Crippen molar-refractivity contribution in [2.75, 3.05) is 4.90 Å². The molecule has 10 rings (SSSR count). The Balaban J connectivity index is 1.32. The lowest BCUT2D eigenvalue weighted by molar-refractivity contribution is 0.402. The first-order valence-electron chi connectivity index (χ1n) is 18.0. The molecule has 1 unspecified atom stereocenters. The zero-order valence-electron chi connectivity index (χ0n) is 29.7. The Morgan fingerprint density at radius 2 is 1.42 bits per heavy atom. The van der Waals surface area contributed by atoms with Crippen LogP contribution in [0.25, 0.3) is 50.0 Å². The number of aryl methyl sites for hydroxylation is 1. The van der Waals surface area contributed by atoms with E-state index in [0.717, 1.165) is 72.7 Å². The second-order valence-corrected chi connectivity index (χ2v) is 14.4. The van der Waals surface area contributed by atoms with E-state index in [1.807, 2.05) is 80.0 Å². The number of rotatable bonds is 5. The number of nitrogens with zero attached hydrogens (tertiary/aromatic N) is 5. The average molecular weight is 690 g/mol. The van der Waals surface area contributed by atoms with Gasteiger partial charge in [-0.1, -0.05) is 105 Å². The third-order valence-electron chi connectivity index (χ3n) is 11.0. The summed E-state index contributed by atoms with van der Waals surface area (Å²) >= 11 is 0. The van der Waals surface area contributed by atoms with Crippen LogP contribution in [0.15, 0.2) is 158 Å². The van der Waals surface area contributed by atoms with Gasteiger partial charge in [0.25, 0.3) is 0 Å². The second kappa shape index (κ2) is 11.8. The Bertz CT molecular complexity index is 2850. The highest BCUT2D eigenvalue weighted by atomic mass is 19.1. The highest BCUT2D eigenvalue weighted by Crippen LogP contribution is 2.58. The van der Waals surface area contributed by atoms with Gasteiger partial charge in [-0.2, -0.15) is 0 Å². The number of benzene rings is 6. The molecule has 0 spiro atoms. The Kier molecular flexibility index (Phi) is 6.92. The number of halogens is 1. The van der Waals surface area contributed by atoms with Crippen LogP contribution in [0.4, 0.5) is 21.5 Å². The standard InChI is InChI=1S/C47H36FN5/c1-47(2)35-21-8-11-24-38(35)52(32-18-5-4-6-19-32)45-34(44(48)30-16-15-17-31(28-30)46-50-36-22-9-12-25-39(36)51(46)3)29-40-42(43(45)47)33-20-7-10-23-37(33)53(40)41-26-13-14-27-49-41/h4-29,44H,1-3H3. The fourth-order valence-electron chi connectivity index (χ4n) is 8.63. The lowest BCUT2D eigenvalue weighted by Gasteiger charge is -2.44. The summed E-state index contributed by atoms with van der Waals surface area (Å²) in [6.45, 7) is 4.56. The molecule has 6 aromatic carbocycles. The largest absolute Gasteiger partial charge is 0.327 e. The predicted octanol–water partition coefficient (Wildman–Crippen LogP) is 11.9. The molecule has 1 aliphatic rings. The van der Waals surface area contributed by atoms with Crippen LogP contribution in [0.3, 0.4) is 0 Å². The van der Waals surface area contributed by atoms with Gasteiger partial charge in [-0.3, -0.25) is 4.57 Å². The fourth-order valence-corrected chi connectivity index (χ4v) is 8.63. The van der Waals surface area contributed by atoms with Gasteiger partial charge in [0.1, 0.15) is 11.6 Å². The summed E-state index contributed by atoms with van der Waals surface area (Å²) in [7, 11) is 2.02. The summed E-state index contributed by atoms with van der Waals surface area (Å²) in [5, 5.41) is 2.21. The predicted molar refractivity (Wildman–Crippen MR) is 214 cm³/mol. The van der Waals surface area contributed by atoms with E-state index in [9.17, 15) is 0 Å². The molecular weight excluding hydrogens is 654 g/mol. The first-order valence-corrected chi connectivity index (χ1v) is 18.0. The summed E-state index contributed by atoms with van der Waals surface area (Å²) in [4.78, 5) is 12.1. The molecule has 256 valence electrons. The summed E-state index contributed by atoms with van der Waals surface area (Å²) in [5.74, 6) is 1.59. The normalized spacial score (nSPS) is 14.1. The molecule has 1 aliphatic heterocycles. The molecule has 1 atom stereocenters. The van der Waals surface area contributed by atoms with Crippen molar-refractivity contribution in [3.05, 3.63) is 180 Å². The number of imidazole rings is 1. The maximum Gasteiger partial charge on any atom is 0.152 e. The zero-order chi connectivity index (χ0) is 35.8. The molecule has 0 radical (unpaired) electrons. The van der Waals surface area contributed by atoms with Crippen LogP contribution in [0, 0.1) is 0 Å². The first kappa shape index (κ1) is 31.2. The van der Waals surface area contributed by atoms with Crippen LogP contribution in [0.5, 0.6) is 0 Å². The van der Waals surface area contributed by atoms with E-state index in [0.29, 0.717) is 11.1 Å². The number of anilines is 3. The molecule has 53 heavy (non-hydrogen) atoms. The molecule has 0 amide bonds. The van der Waals surface area contributed by atoms with Gasteiger partial charge >= 0.3 is 0 Å². The van der Waals surface area contributed by atoms with E-state index in [4.69, 9.17) is 9.97 Å². The van der Waals surface area contributed by atoms with E-state index in [1.165, 1.54) is 5.56 Å². The van der Waals surface area contributed by atoms with Crippen molar-refractivity contribution in [3.63, 3.8) is 0 Å². The maximum atomic E-state index is 18.2. The summed E-state index contributed by atoms with van der Waals surface area (Å²) < 4.78 is 22.5. The molecule has 0 saturated carbocycles. The third-order valence-corrected chi connectivity index (χ3v) is 11.0. The molecule has 0 N–H and O–H groups in total. The Labute approximate surface area is 307 Å². The molecule has 5 nitrogen and oxygen atoms in total. The molecular formula is C47H36FN5. The monoisotopic (exact) mass is 689 g/mol. The van der Waals surface area contributed by atoms with E-state index in [-0.39, 0.29) is 0 Å². The van der Waals surface area contributed by atoms with Crippen molar-refractivity contribution < 1.29 is 4.39 Å². The zero-order valence-corrected chi connectivity index (χ0v) is 29.7. The van der Waals surface area contributed by atoms with Crippen molar-refractivity contribution in [2.45, 2.75) is 25.4 Å². The van der Waals surface area contributed by atoms with Crippen LogP contribution in [-0.2, 0) is 12.5 Å². The summed E-state index contributed by atoms with van der Waals surface area (Å²) in [5.41, 5.74) is 10.6. The summed E-state index contributed by atoms with van der Waals surface area (Å²) in [6.07, 6.45) is 0.349. The maximum absolute atomic E-state index is 18.2. The van der Waals surface area contributed by atoms with Gasteiger partial charge in [0.05, 0.1) is 33.4 Å². The van der Waals surface area contributed by atoms with Crippen molar-refractivity contribution in [3.8, 4) is 17.2 Å². The van der Waals surface area contributed by atoms with Gasteiger partial charge in [0, 0.05) is 46.2 Å². The lowest BCUT2D eigenvalue weighted by atomic mass is 9.70. The average Bonchev–Trinajstić information content (AvgIpc) is 3.72. The van der Waals surface area contributed by atoms with Crippen molar-refractivity contribution in [1.82, 2.24) is 19.1 Å². The molecule has 4 heterocycles. The molecule has 0 bridgehead atoms. The number of alkyl halides is 1. The minimum absolute atomic E-state index is 0.487. The van der Waals surface area contributed by atoms with E-state index >= 15 is 4.39 Å². The van der Waals surface area contributed by atoms with Gasteiger partial charge in [0.15, 0.2) is 6.17 Å². The van der Waals surface area contributed by atoms with Crippen molar-refractivity contribution >= 4 is 49.9 Å². The third kappa shape index (κ3) is 4.61. The van der Waals surface area contributed by atoms with Crippen LogP contribution < -0.4 is 4.90 Å². The topological polar surface area (TPSA) is 38.9 Å². The van der Waals surface area contributed by atoms with Crippen molar-refractivity contribution in [1.29, 1.82) is 0 Å². The van der Waals surface area contributed by atoms with Gasteiger partial charge in [-0.15, -0.1) is 0 Å². The quantitative estimate of drug-likeness (QED) is 0.181. The minimum atomic E-state index is -1.47. The number of para-hydroxylation sites is 5. The first-order chi connectivity index (χ1) is 25.9. The van der Waals surface area contributed by atoms with Gasteiger partial charge in [0.2, 0.25) is 0 Å². The molecule has 0 aliphatic carbocycles. The van der Waals surface area contributed by atoms with Gasteiger partial charge in [-0.05, 0) is 77.4 Å². The van der Waals surface area contributed by atoms with E-state index in [1.54, 1.807) is 0 Å². The van der Waals surface area contributed by atoms with Crippen LogP contribution in [-0.4, -0.2) is 19.1 Å². The van der Waals surface area contributed by atoms with Crippen molar-refractivity contribution in [2.24, 2.45) is 7.05 Å². The molecule has 3 aromatic heterocycles. The Morgan fingerprint density at radius 3 is 2.23 bits per heavy atom. The lowest BCUT2D eigenvalue weighted by Crippen LogP contribution is -2.32. The fraction of sp³-hybridized carbons (Fsp3) is 0.106. The number of hydrogen-bond donors (Lipinski definition) is 0. The summed E-state index contributed by atoms with van der Waals surface area (Å²) in [6, 6.07) is 51.4. The van der Waals surface area contributed by atoms with Gasteiger partial charge < -0.3 is 9.47 Å². The number of aromatic nitrogens is 4. The molecule has 0 saturated heterocycles. The molecule has 9 aromatic rings. The van der Waals surface area contributed by atoms with Crippen LogP contribution >= 0.6 is 0 Å². The second-order valence-electron chi connectivity index (χ2n) is 14.4. The van der Waals surface area contributed by atoms with E-state index < -0.39 is 11.6 Å². The highest BCUT2D eigenvalue weighted by molar-refractivity contribution is 6.15. The number of fused-ring (bicyclic) bond motifs is 7. The number of pyridine rings is 1. The van der Waals surface area contributed by atoms with Gasteiger partial charge in [-0.25, -0.2) is 14.4 Å². The van der Waals surface area contributed by atoms with E-state index in [2.05, 4.69) is 113 Å². The molecule has 6 heteroatoms. The minimum Gasteiger partial charge on any atom is -0.327 e. The van der Waals surface area contributed by atoms with Crippen LogP contribution in [0.1, 0.15) is 42.3 Å². The smallest absolute Gasteiger partial charge is 0.152 e. The highest BCUT2D eigenvalue weighted by Gasteiger charge is 2.42. The Hall–Kier alpha value is -6.53. The SMILES string of the molecule is Cn1c(-c2cccc(C(F)c3cc4c(c5c3N(c3ccccc3)c3ccccc3C5(C)C)c3ccccc3n4-c3ccccn3)c2)nc2ccccc21. The Morgan fingerprint density at radius 1 is 0.679 bits per heavy atom. The van der Waals surface area contributed by atoms with Crippen LogP contribution in [0.2, 0.25) is 0 Å².